The molecule has 0 aliphatic carbocycles. The van der Waals surface area contributed by atoms with Crippen LogP contribution < -0.4 is 10.2 Å². The molecule has 0 saturated carbocycles. The molecule has 1 aliphatic rings. The van der Waals surface area contributed by atoms with Crippen LogP contribution in [0.4, 0.5) is 11.4 Å². The number of nitrogens with zero attached hydrogens (tertiary/aromatic N) is 1. The van der Waals surface area contributed by atoms with Crippen LogP contribution in [0.25, 0.3) is 0 Å². The van der Waals surface area contributed by atoms with Crippen molar-refractivity contribution in [3.8, 4) is 0 Å². The number of fused-ring (bicyclic) bond motifs is 2. The Morgan fingerprint density at radius 2 is 1.62 bits per heavy atom. The van der Waals surface area contributed by atoms with E-state index in [-0.39, 0.29) is 18.2 Å². The average Bonchev–Trinajstić information content (AvgIpc) is 2.75. The number of carbonyl (C=O) groups excluding carboxylic acids is 2. The molecule has 0 spiro atoms. The smallest absolute Gasteiger partial charge is 0.245 e. The van der Waals surface area contributed by atoms with Crippen LogP contribution >= 0.6 is 11.8 Å². The van der Waals surface area contributed by atoms with Crippen LogP contribution in [0.15, 0.2) is 82.6 Å². The van der Waals surface area contributed by atoms with Gasteiger partial charge in [0, 0.05) is 15.4 Å². The molecular formula is C24H22N2O2S. The minimum Gasteiger partial charge on any atom is -0.308 e. The monoisotopic (exact) mass is 402 g/mol. The van der Waals surface area contributed by atoms with Gasteiger partial charge in [-0.1, -0.05) is 60.3 Å². The number of anilines is 2. The predicted octanol–water partition coefficient (Wildman–Crippen LogP) is 4.85. The SMILES string of the molecule is CC(=O)c1ccc2c(c1)N(C(=O)CNCCc1ccccc1)c1ccccc1S2. The Morgan fingerprint density at radius 3 is 2.41 bits per heavy atom. The van der Waals surface area contributed by atoms with Gasteiger partial charge in [0.1, 0.15) is 0 Å². The van der Waals surface area contributed by atoms with Gasteiger partial charge in [0.25, 0.3) is 0 Å². The zero-order valence-electron chi connectivity index (χ0n) is 16.2. The number of carbonyl (C=O) groups is 2. The number of amides is 1. The number of hydrogen-bond acceptors (Lipinski definition) is 4. The Kier molecular flexibility index (Phi) is 5.79. The second kappa shape index (κ2) is 8.64. The maximum absolute atomic E-state index is 13.2. The van der Waals surface area contributed by atoms with Gasteiger partial charge in [0.15, 0.2) is 5.78 Å². The first-order valence-corrected chi connectivity index (χ1v) is 10.4. The standard InChI is InChI=1S/C24H22N2O2S/c1-17(27)19-11-12-23-21(15-19)26(20-9-5-6-10-22(20)29-23)24(28)16-25-14-13-18-7-3-2-4-8-18/h2-12,15,25H,13-14,16H2,1H3. The highest BCUT2D eigenvalue weighted by molar-refractivity contribution is 7.99. The molecule has 1 amide bonds. The highest BCUT2D eigenvalue weighted by atomic mass is 32.2. The molecule has 1 heterocycles. The van der Waals surface area contributed by atoms with Gasteiger partial charge in [0.05, 0.1) is 17.9 Å². The number of hydrogen-bond donors (Lipinski definition) is 1. The molecule has 4 nitrogen and oxygen atoms in total. The largest absolute Gasteiger partial charge is 0.308 e. The number of nitrogens with one attached hydrogen (secondary N) is 1. The first kappa shape index (κ1) is 19.4. The molecule has 0 unspecified atom stereocenters. The van der Waals surface area contributed by atoms with Gasteiger partial charge in [-0.2, -0.15) is 0 Å². The molecule has 0 radical (unpaired) electrons. The van der Waals surface area contributed by atoms with Crippen LogP contribution in [0.3, 0.4) is 0 Å². The van der Waals surface area contributed by atoms with E-state index >= 15 is 0 Å². The van der Waals surface area contributed by atoms with E-state index in [1.54, 1.807) is 23.6 Å². The Hall–Kier alpha value is -2.89. The fourth-order valence-electron chi connectivity index (χ4n) is 3.39. The van der Waals surface area contributed by atoms with Crippen molar-refractivity contribution >= 4 is 34.8 Å². The van der Waals surface area contributed by atoms with E-state index < -0.39 is 0 Å². The summed E-state index contributed by atoms with van der Waals surface area (Å²) in [7, 11) is 0. The maximum Gasteiger partial charge on any atom is 0.245 e. The number of para-hydroxylation sites is 1. The van der Waals surface area contributed by atoms with Crippen molar-refractivity contribution < 1.29 is 9.59 Å². The van der Waals surface area contributed by atoms with Gasteiger partial charge >= 0.3 is 0 Å². The van der Waals surface area contributed by atoms with E-state index in [1.165, 1.54) is 5.56 Å². The molecule has 5 heteroatoms. The summed E-state index contributed by atoms with van der Waals surface area (Å²) in [6.45, 7) is 2.50. The van der Waals surface area contributed by atoms with Crippen LogP contribution in [0, 0.1) is 0 Å². The topological polar surface area (TPSA) is 49.4 Å². The summed E-state index contributed by atoms with van der Waals surface area (Å²) in [6.07, 6.45) is 0.867. The van der Waals surface area contributed by atoms with Crippen molar-refractivity contribution in [3.05, 3.63) is 83.9 Å². The van der Waals surface area contributed by atoms with Crippen LogP contribution in [0.2, 0.25) is 0 Å². The molecular weight excluding hydrogens is 380 g/mol. The molecule has 0 saturated heterocycles. The van der Waals surface area contributed by atoms with Gasteiger partial charge in [-0.15, -0.1) is 0 Å². The van der Waals surface area contributed by atoms with Gasteiger partial charge in [-0.3, -0.25) is 14.5 Å². The Morgan fingerprint density at radius 1 is 0.897 bits per heavy atom. The fraction of sp³-hybridized carbons (Fsp3) is 0.167. The molecule has 4 rings (SSSR count). The van der Waals surface area contributed by atoms with Crippen molar-refractivity contribution in [2.45, 2.75) is 23.1 Å². The Balaban J connectivity index is 1.54. The lowest BCUT2D eigenvalue weighted by molar-refractivity contribution is -0.117. The van der Waals surface area contributed by atoms with Gasteiger partial charge < -0.3 is 5.32 Å². The lowest BCUT2D eigenvalue weighted by atomic mass is 10.1. The highest BCUT2D eigenvalue weighted by Gasteiger charge is 2.28. The third-order valence-corrected chi connectivity index (χ3v) is 6.02. The summed E-state index contributed by atoms with van der Waals surface area (Å²) in [6, 6.07) is 23.7. The third kappa shape index (κ3) is 4.26. The van der Waals surface area contributed by atoms with Crippen molar-refractivity contribution in [1.29, 1.82) is 0 Å². The van der Waals surface area contributed by atoms with Crippen molar-refractivity contribution in [2.24, 2.45) is 0 Å². The molecule has 0 aromatic heterocycles. The summed E-state index contributed by atoms with van der Waals surface area (Å²) in [5, 5.41) is 3.26. The molecule has 3 aromatic carbocycles. The first-order chi connectivity index (χ1) is 14.1. The number of Topliss-reactive ketones (excluding diaryl/α,β-unsaturated/α-hetero) is 1. The lowest BCUT2D eigenvalue weighted by Crippen LogP contribution is -2.37. The molecule has 0 fully saturated rings. The number of rotatable bonds is 6. The van der Waals surface area contributed by atoms with Crippen molar-refractivity contribution in [3.63, 3.8) is 0 Å². The van der Waals surface area contributed by atoms with Crippen LogP contribution in [-0.4, -0.2) is 24.8 Å². The average molecular weight is 403 g/mol. The predicted molar refractivity (Wildman–Crippen MR) is 117 cm³/mol. The maximum atomic E-state index is 13.2. The summed E-state index contributed by atoms with van der Waals surface area (Å²) in [5.74, 6) is -0.0437. The summed E-state index contributed by atoms with van der Waals surface area (Å²) in [5.41, 5.74) is 3.49. The van der Waals surface area contributed by atoms with E-state index in [9.17, 15) is 9.59 Å². The van der Waals surface area contributed by atoms with Crippen molar-refractivity contribution in [2.75, 3.05) is 18.0 Å². The zero-order chi connectivity index (χ0) is 20.2. The Bertz CT molecular complexity index is 1050. The van der Waals surface area contributed by atoms with Crippen LogP contribution in [-0.2, 0) is 11.2 Å². The molecule has 29 heavy (non-hydrogen) atoms. The minimum atomic E-state index is -0.0345. The summed E-state index contributed by atoms with van der Waals surface area (Å²) < 4.78 is 0. The molecule has 1 N–H and O–H groups in total. The van der Waals surface area contributed by atoms with E-state index in [1.807, 2.05) is 60.7 Å². The normalized spacial score (nSPS) is 12.2. The summed E-state index contributed by atoms with van der Waals surface area (Å²) >= 11 is 1.62. The number of ketones is 1. The van der Waals surface area contributed by atoms with Crippen LogP contribution in [0.5, 0.6) is 0 Å². The third-order valence-electron chi connectivity index (χ3n) is 4.89. The first-order valence-electron chi connectivity index (χ1n) is 9.63. The molecule has 1 aliphatic heterocycles. The summed E-state index contributed by atoms with van der Waals surface area (Å²) in [4.78, 5) is 28.8. The zero-order valence-corrected chi connectivity index (χ0v) is 17.0. The van der Waals surface area contributed by atoms with E-state index in [0.29, 0.717) is 5.56 Å². The van der Waals surface area contributed by atoms with Gasteiger partial charge in [0.2, 0.25) is 5.91 Å². The lowest BCUT2D eigenvalue weighted by Gasteiger charge is -2.31. The van der Waals surface area contributed by atoms with Gasteiger partial charge in [-0.05, 0) is 49.7 Å². The highest BCUT2D eigenvalue weighted by Crippen LogP contribution is 2.48. The minimum absolute atomic E-state index is 0.00922. The van der Waals surface area contributed by atoms with Crippen LogP contribution in [0.1, 0.15) is 22.8 Å². The fourth-order valence-corrected chi connectivity index (χ4v) is 4.43. The molecule has 0 atom stereocenters. The van der Waals surface area contributed by atoms with E-state index in [0.717, 1.165) is 34.1 Å². The molecule has 146 valence electrons. The molecule has 0 bridgehead atoms. The van der Waals surface area contributed by atoms with Gasteiger partial charge in [-0.25, -0.2) is 0 Å². The second-order valence-corrected chi connectivity index (χ2v) is 8.03. The van der Waals surface area contributed by atoms with E-state index in [4.69, 9.17) is 0 Å². The number of benzene rings is 3. The van der Waals surface area contributed by atoms with E-state index in [2.05, 4.69) is 17.4 Å². The van der Waals surface area contributed by atoms with Crippen molar-refractivity contribution in [1.82, 2.24) is 5.32 Å². The molecule has 3 aromatic rings. The second-order valence-electron chi connectivity index (χ2n) is 6.95. The quantitative estimate of drug-likeness (QED) is 0.473. The Labute approximate surface area is 174 Å².